The second-order valence-corrected chi connectivity index (χ2v) is 7.40. The van der Waals surface area contributed by atoms with Crippen LogP contribution in [0.2, 0.25) is 5.02 Å². The average molecular weight is 314 g/mol. The highest BCUT2D eigenvalue weighted by molar-refractivity contribution is 7.91. The summed E-state index contributed by atoms with van der Waals surface area (Å²) in [6, 6.07) is 4.75. The van der Waals surface area contributed by atoms with Crippen molar-refractivity contribution in [2.24, 2.45) is 0 Å². The number of hydrogen-bond donors (Lipinski definition) is 1. The number of halogens is 1. The Morgan fingerprint density at radius 2 is 2.20 bits per heavy atom. The molecule has 1 aliphatic heterocycles. The summed E-state index contributed by atoms with van der Waals surface area (Å²) in [7, 11) is -3.01. The van der Waals surface area contributed by atoms with Crippen molar-refractivity contribution in [3.63, 3.8) is 0 Å². The predicted octanol–water partition coefficient (Wildman–Crippen LogP) is 0.935. The quantitative estimate of drug-likeness (QED) is 0.827. The Labute approximate surface area is 120 Å². The highest BCUT2D eigenvalue weighted by Gasteiger charge is 2.32. The van der Waals surface area contributed by atoms with Gasteiger partial charge in [-0.25, -0.2) is 13.1 Å². The molecule has 106 valence electrons. The van der Waals surface area contributed by atoms with E-state index in [1.54, 1.807) is 18.2 Å². The van der Waals surface area contributed by atoms with Crippen LogP contribution in [0.1, 0.15) is 12.5 Å². The van der Waals surface area contributed by atoms with Gasteiger partial charge in [0.2, 0.25) is 0 Å². The molecule has 1 unspecified atom stereocenters. The van der Waals surface area contributed by atoms with Gasteiger partial charge in [0.15, 0.2) is 15.7 Å². The number of rotatable bonds is 2. The van der Waals surface area contributed by atoms with Gasteiger partial charge < -0.3 is 5.73 Å². The average Bonchev–Trinajstić information content (AvgIpc) is 2.98. The number of sulfone groups is 1. The van der Waals surface area contributed by atoms with Gasteiger partial charge in [-0.2, -0.15) is 0 Å². The lowest BCUT2D eigenvalue weighted by atomic mass is 10.1. The number of aromatic nitrogens is 4. The van der Waals surface area contributed by atoms with Crippen LogP contribution in [0.3, 0.4) is 0 Å². The van der Waals surface area contributed by atoms with E-state index < -0.39 is 9.84 Å². The van der Waals surface area contributed by atoms with Gasteiger partial charge in [0.25, 0.3) is 0 Å². The first-order chi connectivity index (χ1) is 9.46. The molecule has 2 aromatic rings. The molecule has 0 aliphatic carbocycles. The molecule has 20 heavy (non-hydrogen) atoms. The molecule has 7 nitrogen and oxygen atoms in total. The van der Waals surface area contributed by atoms with Crippen molar-refractivity contribution in [2.75, 3.05) is 17.2 Å². The summed E-state index contributed by atoms with van der Waals surface area (Å²) in [6.07, 6.45) is 0.501. The van der Waals surface area contributed by atoms with Crippen molar-refractivity contribution in [3.8, 4) is 11.4 Å². The minimum atomic E-state index is -3.01. The number of benzene rings is 1. The molecule has 1 aromatic carbocycles. The summed E-state index contributed by atoms with van der Waals surface area (Å²) >= 11 is 5.96. The Morgan fingerprint density at radius 3 is 2.90 bits per heavy atom. The van der Waals surface area contributed by atoms with Crippen LogP contribution in [0.25, 0.3) is 11.4 Å². The normalized spacial score (nSPS) is 21.1. The maximum atomic E-state index is 11.6. The molecule has 1 aromatic heterocycles. The van der Waals surface area contributed by atoms with E-state index in [9.17, 15) is 8.42 Å². The molecular weight excluding hydrogens is 302 g/mol. The second-order valence-electron chi connectivity index (χ2n) is 4.74. The summed E-state index contributed by atoms with van der Waals surface area (Å²) in [6.45, 7) is 0. The molecule has 2 heterocycles. The van der Waals surface area contributed by atoms with Gasteiger partial charge in [-0.05, 0) is 35.0 Å². The smallest absolute Gasteiger partial charge is 0.184 e. The van der Waals surface area contributed by atoms with Crippen molar-refractivity contribution < 1.29 is 8.42 Å². The van der Waals surface area contributed by atoms with Crippen molar-refractivity contribution in [1.29, 1.82) is 0 Å². The molecule has 1 saturated heterocycles. The van der Waals surface area contributed by atoms with Crippen molar-refractivity contribution in [1.82, 2.24) is 20.2 Å². The third-order valence-corrected chi connectivity index (χ3v) is 5.29. The van der Waals surface area contributed by atoms with Gasteiger partial charge in [-0.3, -0.25) is 0 Å². The van der Waals surface area contributed by atoms with Gasteiger partial charge in [0.05, 0.1) is 17.5 Å². The molecule has 2 N–H and O–H groups in total. The van der Waals surface area contributed by atoms with E-state index in [0.717, 1.165) is 0 Å². The maximum absolute atomic E-state index is 11.6. The molecule has 3 rings (SSSR count). The van der Waals surface area contributed by atoms with E-state index in [4.69, 9.17) is 17.3 Å². The number of tetrazole rings is 1. The fourth-order valence-corrected chi connectivity index (χ4v) is 4.17. The molecule has 9 heteroatoms. The molecule has 0 bridgehead atoms. The van der Waals surface area contributed by atoms with E-state index in [2.05, 4.69) is 15.5 Å². The van der Waals surface area contributed by atoms with E-state index in [1.807, 2.05) is 0 Å². The van der Waals surface area contributed by atoms with E-state index in [0.29, 0.717) is 28.5 Å². The monoisotopic (exact) mass is 313 g/mol. The number of nitrogens with zero attached hydrogens (tertiary/aromatic N) is 4. The lowest BCUT2D eigenvalue weighted by Crippen LogP contribution is -2.14. The molecule has 1 atom stereocenters. The van der Waals surface area contributed by atoms with Crippen molar-refractivity contribution >= 4 is 27.1 Å². The fraction of sp³-hybridized carbons (Fsp3) is 0.364. The molecule has 0 amide bonds. The van der Waals surface area contributed by atoms with Crippen LogP contribution >= 0.6 is 11.6 Å². The topological polar surface area (TPSA) is 104 Å². The number of nitrogen functional groups attached to an aromatic ring is 1. The minimum absolute atomic E-state index is 0.0471. The molecular formula is C11H12ClN5O2S. The maximum Gasteiger partial charge on any atom is 0.184 e. The lowest BCUT2D eigenvalue weighted by molar-refractivity contribution is 0.489. The summed E-state index contributed by atoms with van der Waals surface area (Å²) in [5.74, 6) is 0.639. The first-order valence-corrected chi connectivity index (χ1v) is 8.20. The summed E-state index contributed by atoms with van der Waals surface area (Å²) in [4.78, 5) is 0. The van der Waals surface area contributed by atoms with Crippen LogP contribution in [0.4, 0.5) is 5.69 Å². The predicted molar refractivity (Wildman–Crippen MR) is 75.0 cm³/mol. The van der Waals surface area contributed by atoms with Crippen molar-refractivity contribution in [2.45, 2.75) is 12.5 Å². The van der Waals surface area contributed by atoms with Crippen LogP contribution in [-0.2, 0) is 9.84 Å². The third kappa shape index (κ3) is 2.36. The van der Waals surface area contributed by atoms with Gasteiger partial charge >= 0.3 is 0 Å². The highest BCUT2D eigenvalue weighted by atomic mass is 35.5. The summed E-state index contributed by atoms with van der Waals surface area (Å²) in [5.41, 5.74) is 7.01. The highest BCUT2D eigenvalue weighted by Crippen LogP contribution is 2.31. The van der Waals surface area contributed by atoms with Gasteiger partial charge in [0, 0.05) is 16.3 Å². The van der Waals surface area contributed by atoms with E-state index in [-0.39, 0.29) is 17.5 Å². The van der Waals surface area contributed by atoms with E-state index in [1.165, 1.54) is 4.68 Å². The van der Waals surface area contributed by atoms with Crippen LogP contribution in [0.15, 0.2) is 18.2 Å². The van der Waals surface area contributed by atoms with Crippen LogP contribution in [0.5, 0.6) is 0 Å². The zero-order chi connectivity index (χ0) is 14.3. The lowest BCUT2D eigenvalue weighted by Gasteiger charge is -2.11. The van der Waals surface area contributed by atoms with Crippen LogP contribution in [-0.4, -0.2) is 40.1 Å². The molecule has 0 radical (unpaired) electrons. The second kappa shape index (κ2) is 4.71. The van der Waals surface area contributed by atoms with Crippen LogP contribution < -0.4 is 5.73 Å². The third-order valence-electron chi connectivity index (χ3n) is 3.30. The number of anilines is 1. The zero-order valence-electron chi connectivity index (χ0n) is 10.4. The molecule has 0 saturated carbocycles. The number of nitrogens with two attached hydrogens (primary N) is 1. The Kier molecular flexibility index (Phi) is 3.14. The standard InChI is InChI=1S/C11H12ClN5O2S/c12-7-1-2-10(13)9(5-7)11-14-15-16-17(11)8-3-4-20(18,19)6-8/h1-2,5,8H,3-4,6,13H2. The van der Waals surface area contributed by atoms with Gasteiger partial charge in [-0.1, -0.05) is 11.6 Å². The SMILES string of the molecule is Nc1ccc(Cl)cc1-c1nnnn1C1CCS(=O)(=O)C1. The molecule has 1 fully saturated rings. The molecule has 0 spiro atoms. The largest absolute Gasteiger partial charge is 0.398 e. The van der Waals surface area contributed by atoms with E-state index >= 15 is 0 Å². The summed E-state index contributed by atoms with van der Waals surface area (Å²) < 4.78 is 24.7. The van der Waals surface area contributed by atoms with Gasteiger partial charge in [0.1, 0.15) is 0 Å². The Hall–Kier alpha value is -1.67. The Bertz CT molecular complexity index is 758. The first kappa shape index (κ1) is 13.3. The number of hydrogen-bond acceptors (Lipinski definition) is 6. The van der Waals surface area contributed by atoms with Gasteiger partial charge in [-0.15, -0.1) is 5.10 Å². The summed E-state index contributed by atoms with van der Waals surface area (Å²) in [5, 5.41) is 12.0. The minimum Gasteiger partial charge on any atom is -0.398 e. The van der Waals surface area contributed by atoms with Crippen molar-refractivity contribution in [3.05, 3.63) is 23.2 Å². The first-order valence-electron chi connectivity index (χ1n) is 6.00. The fourth-order valence-electron chi connectivity index (χ4n) is 2.31. The van der Waals surface area contributed by atoms with Crippen LogP contribution in [0, 0.1) is 0 Å². The zero-order valence-corrected chi connectivity index (χ0v) is 12.0. The Balaban J connectivity index is 2.05. The Morgan fingerprint density at radius 1 is 1.40 bits per heavy atom. The molecule has 1 aliphatic rings.